The van der Waals surface area contributed by atoms with E-state index in [2.05, 4.69) is 19.2 Å². The SMILES string of the molecule is CCC(CC)C(O)CNCC1CCCC(F)(F)C1. The quantitative estimate of drug-likeness (QED) is 0.739. The second-order valence-electron chi connectivity index (χ2n) is 5.62. The van der Waals surface area contributed by atoms with Crippen LogP contribution in [0.4, 0.5) is 8.78 Å². The van der Waals surface area contributed by atoms with Crippen molar-refractivity contribution in [3.8, 4) is 0 Å². The number of alkyl halides is 2. The molecule has 0 saturated heterocycles. The van der Waals surface area contributed by atoms with Crippen LogP contribution in [0.2, 0.25) is 0 Å². The number of halogens is 2. The standard InChI is InChI=1S/C14H27F2NO/c1-3-12(4-2)13(18)10-17-9-11-6-5-7-14(15,16)8-11/h11-13,17-18H,3-10H2,1-2H3. The zero-order valence-corrected chi connectivity index (χ0v) is 11.6. The maximum atomic E-state index is 13.2. The zero-order chi connectivity index (χ0) is 13.6. The molecule has 0 bridgehead atoms. The van der Waals surface area contributed by atoms with E-state index in [4.69, 9.17) is 0 Å². The van der Waals surface area contributed by atoms with Gasteiger partial charge in [-0.15, -0.1) is 0 Å². The van der Waals surface area contributed by atoms with Crippen LogP contribution >= 0.6 is 0 Å². The highest BCUT2D eigenvalue weighted by atomic mass is 19.3. The topological polar surface area (TPSA) is 32.3 Å². The summed E-state index contributed by atoms with van der Waals surface area (Å²) >= 11 is 0. The van der Waals surface area contributed by atoms with Crippen LogP contribution in [-0.4, -0.2) is 30.2 Å². The summed E-state index contributed by atoms with van der Waals surface area (Å²) in [5.41, 5.74) is 0. The molecule has 0 amide bonds. The van der Waals surface area contributed by atoms with Crippen LogP contribution in [0.15, 0.2) is 0 Å². The molecule has 1 fully saturated rings. The van der Waals surface area contributed by atoms with Crippen LogP contribution in [0.3, 0.4) is 0 Å². The highest BCUT2D eigenvalue weighted by Gasteiger charge is 2.35. The van der Waals surface area contributed by atoms with Crippen molar-refractivity contribution in [2.75, 3.05) is 13.1 Å². The average Bonchev–Trinajstić information content (AvgIpc) is 2.29. The lowest BCUT2D eigenvalue weighted by Crippen LogP contribution is -2.37. The van der Waals surface area contributed by atoms with Gasteiger partial charge in [0.05, 0.1) is 6.10 Å². The fourth-order valence-corrected chi connectivity index (χ4v) is 2.88. The average molecular weight is 263 g/mol. The number of rotatable bonds is 7. The molecule has 0 aromatic rings. The normalized spacial score (nSPS) is 25.3. The second kappa shape index (κ2) is 7.39. The van der Waals surface area contributed by atoms with Crippen molar-refractivity contribution < 1.29 is 13.9 Å². The molecule has 18 heavy (non-hydrogen) atoms. The Labute approximate surface area is 109 Å². The van der Waals surface area contributed by atoms with Crippen LogP contribution in [0, 0.1) is 11.8 Å². The Bertz CT molecular complexity index is 232. The van der Waals surface area contributed by atoms with Crippen molar-refractivity contribution in [1.29, 1.82) is 0 Å². The molecule has 1 saturated carbocycles. The third-order valence-corrected chi connectivity index (χ3v) is 4.12. The first kappa shape index (κ1) is 15.8. The first-order chi connectivity index (χ1) is 8.48. The molecule has 0 aromatic heterocycles. The number of aliphatic hydroxyl groups is 1. The number of aliphatic hydroxyl groups excluding tert-OH is 1. The van der Waals surface area contributed by atoms with Crippen LogP contribution in [-0.2, 0) is 0 Å². The van der Waals surface area contributed by atoms with Crippen molar-refractivity contribution in [2.24, 2.45) is 11.8 Å². The van der Waals surface area contributed by atoms with Crippen molar-refractivity contribution in [3.05, 3.63) is 0 Å². The van der Waals surface area contributed by atoms with Crippen LogP contribution in [0.25, 0.3) is 0 Å². The minimum Gasteiger partial charge on any atom is -0.392 e. The smallest absolute Gasteiger partial charge is 0.248 e. The molecule has 0 heterocycles. The Kier molecular flexibility index (Phi) is 6.50. The van der Waals surface area contributed by atoms with E-state index < -0.39 is 5.92 Å². The maximum absolute atomic E-state index is 13.2. The van der Waals surface area contributed by atoms with Gasteiger partial charge in [0.15, 0.2) is 0 Å². The minimum atomic E-state index is -2.47. The molecule has 1 rings (SSSR count). The van der Waals surface area contributed by atoms with Crippen LogP contribution < -0.4 is 5.32 Å². The Morgan fingerprint density at radius 1 is 1.33 bits per heavy atom. The Morgan fingerprint density at radius 2 is 2.00 bits per heavy atom. The molecular formula is C14H27F2NO. The Morgan fingerprint density at radius 3 is 2.56 bits per heavy atom. The summed E-state index contributed by atoms with van der Waals surface area (Å²) in [6, 6.07) is 0. The zero-order valence-electron chi connectivity index (χ0n) is 11.6. The van der Waals surface area contributed by atoms with E-state index in [9.17, 15) is 13.9 Å². The molecule has 4 heteroatoms. The van der Waals surface area contributed by atoms with E-state index in [1.807, 2.05) is 0 Å². The molecule has 108 valence electrons. The summed E-state index contributed by atoms with van der Waals surface area (Å²) in [6.07, 6.45) is 3.10. The third kappa shape index (κ3) is 5.19. The molecule has 2 atom stereocenters. The van der Waals surface area contributed by atoms with Gasteiger partial charge < -0.3 is 10.4 Å². The second-order valence-corrected chi connectivity index (χ2v) is 5.62. The molecular weight excluding hydrogens is 236 g/mol. The van der Waals surface area contributed by atoms with E-state index in [1.54, 1.807) is 0 Å². The lowest BCUT2D eigenvalue weighted by atomic mass is 9.86. The first-order valence-corrected chi connectivity index (χ1v) is 7.25. The van der Waals surface area contributed by atoms with Gasteiger partial charge in [-0.1, -0.05) is 26.7 Å². The Balaban J connectivity index is 2.21. The summed E-state index contributed by atoms with van der Waals surface area (Å²) in [4.78, 5) is 0. The number of hydrogen-bond donors (Lipinski definition) is 2. The van der Waals surface area contributed by atoms with Crippen molar-refractivity contribution >= 4 is 0 Å². The highest BCUT2D eigenvalue weighted by Crippen LogP contribution is 2.36. The van der Waals surface area contributed by atoms with Gasteiger partial charge in [0.1, 0.15) is 0 Å². The molecule has 2 unspecified atom stereocenters. The summed E-state index contributed by atoms with van der Waals surface area (Å²) in [7, 11) is 0. The summed E-state index contributed by atoms with van der Waals surface area (Å²) in [5.74, 6) is -2.11. The predicted octanol–water partition coefficient (Wildman–Crippen LogP) is 3.20. The van der Waals surface area contributed by atoms with E-state index in [0.29, 0.717) is 25.4 Å². The van der Waals surface area contributed by atoms with Gasteiger partial charge in [-0.3, -0.25) is 0 Å². The monoisotopic (exact) mass is 263 g/mol. The van der Waals surface area contributed by atoms with Gasteiger partial charge in [0.25, 0.3) is 0 Å². The maximum Gasteiger partial charge on any atom is 0.248 e. The molecule has 2 nitrogen and oxygen atoms in total. The fourth-order valence-electron chi connectivity index (χ4n) is 2.88. The van der Waals surface area contributed by atoms with Gasteiger partial charge in [-0.2, -0.15) is 0 Å². The molecule has 0 spiro atoms. The van der Waals surface area contributed by atoms with Gasteiger partial charge >= 0.3 is 0 Å². The summed E-state index contributed by atoms with van der Waals surface area (Å²) in [6.45, 7) is 5.26. The van der Waals surface area contributed by atoms with E-state index in [1.165, 1.54) is 0 Å². The molecule has 1 aliphatic rings. The van der Waals surface area contributed by atoms with E-state index >= 15 is 0 Å². The molecule has 0 radical (unpaired) electrons. The van der Waals surface area contributed by atoms with Crippen LogP contribution in [0.5, 0.6) is 0 Å². The van der Waals surface area contributed by atoms with E-state index in [-0.39, 0.29) is 24.9 Å². The molecule has 0 aliphatic heterocycles. The van der Waals surface area contributed by atoms with Crippen molar-refractivity contribution in [2.45, 2.75) is 64.4 Å². The third-order valence-electron chi connectivity index (χ3n) is 4.12. The fraction of sp³-hybridized carbons (Fsp3) is 1.00. The van der Waals surface area contributed by atoms with Gasteiger partial charge in [0, 0.05) is 19.4 Å². The number of nitrogens with one attached hydrogen (secondary N) is 1. The van der Waals surface area contributed by atoms with Crippen molar-refractivity contribution in [1.82, 2.24) is 5.32 Å². The summed E-state index contributed by atoms with van der Waals surface area (Å²) in [5, 5.41) is 13.1. The minimum absolute atomic E-state index is 0.00107. The Hall–Kier alpha value is -0.220. The number of hydrogen-bond acceptors (Lipinski definition) is 2. The lowest BCUT2D eigenvalue weighted by Gasteiger charge is -2.29. The largest absolute Gasteiger partial charge is 0.392 e. The molecule has 1 aliphatic carbocycles. The van der Waals surface area contributed by atoms with Gasteiger partial charge in [-0.05, 0) is 31.2 Å². The van der Waals surface area contributed by atoms with E-state index in [0.717, 1.165) is 19.3 Å². The molecule has 2 N–H and O–H groups in total. The van der Waals surface area contributed by atoms with Gasteiger partial charge in [0.2, 0.25) is 5.92 Å². The lowest BCUT2D eigenvalue weighted by molar-refractivity contribution is -0.0523. The van der Waals surface area contributed by atoms with Gasteiger partial charge in [-0.25, -0.2) is 8.78 Å². The first-order valence-electron chi connectivity index (χ1n) is 7.25. The van der Waals surface area contributed by atoms with Crippen LogP contribution in [0.1, 0.15) is 52.4 Å². The summed E-state index contributed by atoms with van der Waals surface area (Å²) < 4.78 is 26.4. The predicted molar refractivity (Wildman–Crippen MR) is 69.9 cm³/mol. The highest BCUT2D eigenvalue weighted by molar-refractivity contribution is 4.80. The van der Waals surface area contributed by atoms with Crippen molar-refractivity contribution in [3.63, 3.8) is 0 Å². The molecule has 0 aromatic carbocycles.